The highest BCUT2D eigenvalue weighted by Gasteiger charge is 2.36. The van der Waals surface area contributed by atoms with E-state index in [2.05, 4.69) is 10.2 Å². The standard InChI is InChI=1S/C16H29N3O4/c1-17-14(20)9-16(22)11-19(7-8-23-12-16)15(21)10-18(2)13-5-3-4-6-13/h13,22H,3-12H2,1-2H3,(H,17,20)/t16-/m1/s1. The number of ether oxygens (including phenoxy) is 1. The molecular formula is C16H29N3O4. The summed E-state index contributed by atoms with van der Waals surface area (Å²) in [6, 6.07) is 0.479. The minimum Gasteiger partial charge on any atom is -0.385 e. The predicted octanol–water partition coefficient (Wildman–Crippen LogP) is -0.413. The molecule has 0 aromatic carbocycles. The molecular weight excluding hydrogens is 298 g/mol. The first-order valence-electron chi connectivity index (χ1n) is 8.42. The minimum absolute atomic E-state index is 0.0137. The number of hydrogen-bond acceptors (Lipinski definition) is 5. The van der Waals surface area contributed by atoms with Crippen LogP contribution in [0.3, 0.4) is 0 Å². The smallest absolute Gasteiger partial charge is 0.236 e. The lowest BCUT2D eigenvalue weighted by Crippen LogP contribution is -2.51. The second kappa shape index (κ2) is 8.08. The van der Waals surface area contributed by atoms with Gasteiger partial charge in [-0.15, -0.1) is 0 Å². The topological polar surface area (TPSA) is 82.1 Å². The van der Waals surface area contributed by atoms with Gasteiger partial charge in [0.25, 0.3) is 0 Å². The van der Waals surface area contributed by atoms with Crippen molar-refractivity contribution in [3.63, 3.8) is 0 Å². The Kier molecular flexibility index (Phi) is 6.38. The summed E-state index contributed by atoms with van der Waals surface area (Å²) in [5.74, 6) is -0.270. The van der Waals surface area contributed by atoms with Crippen molar-refractivity contribution in [3.8, 4) is 0 Å². The van der Waals surface area contributed by atoms with Crippen LogP contribution in [0.15, 0.2) is 0 Å². The number of nitrogens with zero attached hydrogens (tertiary/aromatic N) is 2. The number of hydrogen-bond donors (Lipinski definition) is 2. The monoisotopic (exact) mass is 327 g/mol. The average Bonchev–Trinajstić information content (AvgIpc) is 2.97. The Hall–Kier alpha value is -1.18. The number of likely N-dealkylation sites (N-methyl/N-ethyl adjacent to an activating group) is 1. The van der Waals surface area contributed by atoms with Gasteiger partial charge in [-0.25, -0.2) is 0 Å². The van der Waals surface area contributed by atoms with Crippen molar-refractivity contribution < 1.29 is 19.4 Å². The summed E-state index contributed by atoms with van der Waals surface area (Å²) in [6.45, 7) is 1.39. The Morgan fingerprint density at radius 3 is 2.74 bits per heavy atom. The molecule has 2 rings (SSSR count). The van der Waals surface area contributed by atoms with E-state index in [1.165, 1.54) is 19.9 Å². The molecule has 1 atom stereocenters. The number of aliphatic hydroxyl groups is 1. The van der Waals surface area contributed by atoms with Crippen LogP contribution >= 0.6 is 0 Å². The first-order chi connectivity index (χ1) is 10.9. The molecule has 7 heteroatoms. The lowest BCUT2D eigenvalue weighted by atomic mass is 9.99. The molecule has 1 aliphatic heterocycles. The number of rotatable bonds is 5. The molecule has 0 aromatic rings. The fourth-order valence-electron chi connectivity index (χ4n) is 3.41. The minimum atomic E-state index is -1.32. The highest BCUT2D eigenvalue weighted by atomic mass is 16.5. The molecule has 2 amide bonds. The molecule has 0 aromatic heterocycles. The van der Waals surface area contributed by atoms with Gasteiger partial charge in [-0.2, -0.15) is 0 Å². The second-order valence-electron chi connectivity index (χ2n) is 6.80. The van der Waals surface area contributed by atoms with E-state index in [0.29, 0.717) is 25.7 Å². The van der Waals surface area contributed by atoms with Gasteiger partial charge in [0.15, 0.2) is 0 Å². The van der Waals surface area contributed by atoms with Crippen LogP contribution in [0.25, 0.3) is 0 Å². The number of carbonyl (C=O) groups excluding carboxylic acids is 2. The second-order valence-corrected chi connectivity index (χ2v) is 6.80. The van der Waals surface area contributed by atoms with Crippen LogP contribution in [0, 0.1) is 0 Å². The molecule has 132 valence electrons. The molecule has 1 saturated heterocycles. The Labute approximate surface area is 138 Å². The maximum Gasteiger partial charge on any atom is 0.236 e. The molecule has 7 nitrogen and oxygen atoms in total. The largest absolute Gasteiger partial charge is 0.385 e. The maximum absolute atomic E-state index is 12.6. The first-order valence-corrected chi connectivity index (χ1v) is 8.42. The van der Waals surface area contributed by atoms with Crippen LogP contribution in [-0.2, 0) is 14.3 Å². The number of carbonyl (C=O) groups is 2. The molecule has 2 aliphatic rings. The van der Waals surface area contributed by atoms with E-state index in [9.17, 15) is 14.7 Å². The summed E-state index contributed by atoms with van der Waals surface area (Å²) in [5, 5.41) is 13.1. The molecule has 1 saturated carbocycles. The van der Waals surface area contributed by atoms with Gasteiger partial charge in [0.05, 0.1) is 32.7 Å². The van der Waals surface area contributed by atoms with E-state index < -0.39 is 5.60 Å². The predicted molar refractivity (Wildman–Crippen MR) is 85.9 cm³/mol. The lowest BCUT2D eigenvalue weighted by Gasteiger charge is -2.32. The van der Waals surface area contributed by atoms with Crippen molar-refractivity contribution in [2.24, 2.45) is 0 Å². The van der Waals surface area contributed by atoms with Gasteiger partial charge in [0, 0.05) is 19.6 Å². The summed E-state index contributed by atoms with van der Waals surface area (Å²) in [5.41, 5.74) is -1.32. The van der Waals surface area contributed by atoms with Crippen molar-refractivity contribution in [2.45, 2.75) is 43.7 Å². The number of amides is 2. The molecule has 2 fully saturated rings. The fraction of sp³-hybridized carbons (Fsp3) is 0.875. The summed E-state index contributed by atoms with van der Waals surface area (Å²) in [6.07, 6.45) is 4.69. The zero-order valence-electron chi connectivity index (χ0n) is 14.2. The molecule has 2 N–H and O–H groups in total. The third-order valence-corrected chi connectivity index (χ3v) is 4.82. The fourth-order valence-corrected chi connectivity index (χ4v) is 3.41. The van der Waals surface area contributed by atoms with Gasteiger partial charge in [0.1, 0.15) is 5.60 Å². The lowest BCUT2D eigenvalue weighted by molar-refractivity contribution is -0.138. The van der Waals surface area contributed by atoms with Crippen molar-refractivity contribution in [1.29, 1.82) is 0 Å². The molecule has 0 radical (unpaired) electrons. The first kappa shape index (κ1) is 18.2. The van der Waals surface area contributed by atoms with Gasteiger partial charge < -0.3 is 20.1 Å². The summed E-state index contributed by atoms with van der Waals surface area (Å²) in [4.78, 5) is 27.9. The zero-order valence-corrected chi connectivity index (χ0v) is 14.2. The van der Waals surface area contributed by atoms with Crippen LogP contribution in [0.5, 0.6) is 0 Å². The Morgan fingerprint density at radius 2 is 2.09 bits per heavy atom. The molecule has 1 aliphatic carbocycles. The third kappa shape index (κ3) is 5.16. The molecule has 0 unspecified atom stereocenters. The van der Waals surface area contributed by atoms with Gasteiger partial charge in [0.2, 0.25) is 11.8 Å². The van der Waals surface area contributed by atoms with Crippen molar-refractivity contribution in [1.82, 2.24) is 15.1 Å². The van der Waals surface area contributed by atoms with Crippen LogP contribution in [0.1, 0.15) is 32.1 Å². The van der Waals surface area contributed by atoms with Crippen molar-refractivity contribution in [2.75, 3.05) is 46.9 Å². The van der Waals surface area contributed by atoms with Gasteiger partial charge in [-0.1, -0.05) is 12.8 Å². The van der Waals surface area contributed by atoms with Crippen molar-refractivity contribution in [3.05, 3.63) is 0 Å². The molecule has 0 spiro atoms. The average molecular weight is 327 g/mol. The van der Waals surface area contributed by atoms with E-state index in [-0.39, 0.29) is 31.4 Å². The van der Waals surface area contributed by atoms with Crippen LogP contribution < -0.4 is 5.32 Å². The Balaban J connectivity index is 1.93. The molecule has 1 heterocycles. The molecule has 0 bridgehead atoms. The van der Waals surface area contributed by atoms with Crippen molar-refractivity contribution >= 4 is 11.8 Å². The van der Waals surface area contributed by atoms with Crippen LogP contribution in [0.4, 0.5) is 0 Å². The highest BCUT2D eigenvalue weighted by molar-refractivity contribution is 5.79. The third-order valence-electron chi connectivity index (χ3n) is 4.82. The van der Waals surface area contributed by atoms with E-state index in [1.54, 1.807) is 4.90 Å². The van der Waals surface area contributed by atoms with E-state index in [4.69, 9.17) is 4.74 Å². The van der Waals surface area contributed by atoms with E-state index in [1.807, 2.05) is 7.05 Å². The highest BCUT2D eigenvalue weighted by Crippen LogP contribution is 2.23. The zero-order chi connectivity index (χ0) is 16.9. The van der Waals surface area contributed by atoms with Gasteiger partial charge in [-0.3, -0.25) is 14.5 Å². The Bertz CT molecular complexity index is 426. The maximum atomic E-state index is 12.6. The number of β-amino-alcohol motifs (C(OH)–C–C–N with tert-alkyl or cyclic N) is 1. The van der Waals surface area contributed by atoms with Gasteiger partial charge >= 0.3 is 0 Å². The quantitative estimate of drug-likeness (QED) is 0.717. The van der Waals surface area contributed by atoms with E-state index >= 15 is 0 Å². The van der Waals surface area contributed by atoms with Crippen LogP contribution in [-0.4, -0.2) is 85.3 Å². The van der Waals surface area contributed by atoms with Crippen LogP contribution in [0.2, 0.25) is 0 Å². The van der Waals surface area contributed by atoms with E-state index in [0.717, 1.165) is 12.8 Å². The normalized spacial score (nSPS) is 26.3. The molecule has 23 heavy (non-hydrogen) atoms. The summed E-state index contributed by atoms with van der Waals surface area (Å²) < 4.78 is 5.40. The number of nitrogens with one attached hydrogen (secondary N) is 1. The Morgan fingerprint density at radius 1 is 1.39 bits per heavy atom. The summed E-state index contributed by atoms with van der Waals surface area (Å²) >= 11 is 0. The van der Waals surface area contributed by atoms with Gasteiger partial charge in [-0.05, 0) is 19.9 Å². The SMILES string of the molecule is CNC(=O)C[C@]1(O)COCCN(C(=O)CN(C)C2CCCC2)C1. The summed E-state index contributed by atoms with van der Waals surface area (Å²) in [7, 11) is 3.52.